The van der Waals surface area contributed by atoms with Gasteiger partial charge in [-0.3, -0.25) is 0 Å². The first-order chi connectivity index (χ1) is 5.95. The van der Waals surface area contributed by atoms with Gasteiger partial charge in [0.15, 0.2) is 0 Å². The zero-order valence-corrected chi connectivity index (χ0v) is 7.02. The minimum atomic E-state index is -4.50. The molecule has 0 amide bonds. The Morgan fingerprint density at radius 3 is 2.38 bits per heavy atom. The van der Waals surface area contributed by atoms with Crippen LogP contribution in [0, 0.1) is 0 Å². The maximum atomic E-state index is 12.2. The summed E-state index contributed by atoms with van der Waals surface area (Å²) < 4.78 is 36.7. The maximum Gasteiger partial charge on any atom is 0.416 e. The van der Waals surface area contributed by atoms with Crippen LogP contribution >= 0.6 is 11.6 Å². The first-order valence-corrected chi connectivity index (χ1v) is 3.67. The van der Waals surface area contributed by atoms with Gasteiger partial charge in [0.25, 0.3) is 0 Å². The predicted molar refractivity (Wildman–Crippen MR) is 44.1 cm³/mol. The van der Waals surface area contributed by atoms with Crippen LogP contribution in [0.15, 0.2) is 18.2 Å². The average Bonchev–Trinajstić information content (AvgIpc) is 2.03. The van der Waals surface area contributed by atoms with E-state index in [4.69, 9.17) is 16.6 Å². The molecule has 13 heavy (non-hydrogen) atoms. The monoisotopic (exact) mass is 207 g/mol. The third-order valence-corrected chi connectivity index (χ3v) is 1.69. The van der Waals surface area contributed by atoms with Crippen molar-refractivity contribution in [3.63, 3.8) is 0 Å². The van der Waals surface area contributed by atoms with Crippen LogP contribution in [0.2, 0.25) is 5.02 Å². The van der Waals surface area contributed by atoms with E-state index in [1.807, 2.05) is 0 Å². The molecule has 0 saturated heterocycles. The molecule has 1 N–H and O–H groups in total. The van der Waals surface area contributed by atoms with Crippen LogP contribution in [-0.4, -0.2) is 12.5 Å². The quantitative estimate of drug-likeness (QED) is 0.694. The molecule has 1 nitrogen and oxygen atoms in total. The molecule has 0 aliphatic heterocycles. The van der Waals surface area contributed by atoms with E-state index in [1.165, 1.54) is 6.07 Å². The normalized spacial score (nSPS) is 11.5. The number of halogens is 4. The van der Waals surface area contributed by atoms with E-state index < -0.39 is 11.7 Å². The number of hydrogen-bond donors (Lipinski definition) is 1. The molecule has 0 unspecified atom stereocenters. The molecule has 0 spiro atoms. The van der Waals surface area contributed by atoms with Gasteiger partial charge in [-0.15, -0.1) is 0 Å². The van der Waals surface area contributed by atoms with Crippen molar-refractivity contribution in [3.8, 4) is 0 Å². The lowest BCUT2D eigenvalue weighted by molar-refractivity contribution is -0.136. The van der Waals surface area contributed by atoms with Crippen molar-refractivity contribution in [1.82, 2.24) is 0 Å². The van der Waals surface area contributed by atoms with Crippen molar-refractivity contribution in [3.05, 3.63) is 28.8 Å². The summed E-state index contributed by atoms with van der Waals surface area (Å²) in [5.74, 6) is 0. The van der Waals surface area contributed by atoms with E-state index in [2.05, 4.69) is 0 Å². The van der Waals surface area contributed by atoms with Crippen molar-refractivity contribution in [1.29, 1.82) is 0 Å². The molecule has 69 valence electrons. The van der Waals surface area contributed by atoms with Gasteiger partial charge in [0.1, 0.15) is 0 Å². The summed E-state index contributed by atoms with van der Waals surface area (Å²) in [4.78, 5) is 0. The van der Waals surface area contributed by atoms with Gasteiger partial charge in [-0.1, -0.05) is 17.7 Å². The molecule has 0 heterocycles. The van der Waals surface area contributed by atoms with Gasteiger partial charge in [0.05, 0.1) is 5.56 Å². The molecule has 1 aromatic rings. The molecule has 1 aromatic carbocycles. The van der Waals surface area contributed by atoms with Crippen LogP contribution in [0.1, 0.15) is 5.56 Å². The van der Waals surface area contributed by atoms with E-state index in [1.54, 1.807) is 0 Å². The summed E-state index contributed by atoms with van der Waals surface area (Å²) in [7, 11) is 0.402. The zero-order valence-electron chi connectivity index (χ0n) is 6.27. The molecule has 0 bridgehead atoms. The third kappa shape index (κ3) is 2.38. The van der Waals surface area contributed by atoms with E-state index in [0.717, 1.165) is 12.1 Å². The second-order valence-electron chi connectivity index (χ2n) is 2.36. The molecule has 0 atom stereocenters. The van der Waals surface area contributed by atoms with Gasteiger partial charge in [0.2, 0.25) is 0 Å². The van der Waals surface area contributed by atoms with Crippen LogP contribution < -0.4 is 5.46 Å². The summed E-state index contributed by atoms with van der Waals surface area (Å²) in [6.07, 6.45) is -4.50. The molecule has 0 aromatic heterocycles. The van der Waals surface area contributed by atoms with Crippen LogP contribution in [0.5, 0.6) is 0 Å². The molecule has 0 fully saturated rings. The maximum absolute atomic E-state index is 12.2. The van der Waals surface area contributed by atoms with Crippen molar-refractivity contribution in [2.75, 3.05) is 0 Å². The van der Waals surface area contributed by atoms with Crippen molar-refractivity contribution >= 4 is 24.5 Å². The summed E-state index contributed by atoms with van der Waals surface area (Å²) in [5, 5.41) is 8.49. The molecular weight excluding hydrogens is 203 g/mol. The largest absolute Gasteiger partial charge is 0.450 e. The third-order valence-electron chi connectivity index (χ3n) is 1.46. The smallest absolute Gasteiger partial charge is 0.416 e. The van der Waals surface area contributed by atoms with Gasteiger partial charge < -0.3 is 5.02 Å². The summed E-state index contributed by atoms with van der Waals surface area (Å²) in [5.41, 5.74) is -1.24. The van der Waals surface area contributed by atoms with Crippen LogP contribution in [0.25, 0.3) is 0 Å². The highest BCUT2D eigenvalue weighted by Crippen LogP contribution is 2.29. The van der Waals surface area contributed by atoms with Gasteiger partial charge in [0, 0.05) is 5.02 Å². The average molecular weight is 207 g/mol. The Balaban J connectivity index is 3.24. The van der Waals surface area contributed by atoms with Gasteiger partial charge in [-0.05, 0) is 17.6 Å². The molecule has 6 heteroatoms. The second-order valence-corrected chi connectivity index (χ2v) is 2.79. The van der Waals surface area contributed by atoms with E-state index in [9.17, 15) is 13.2 Å². The number of hydrogen-bond acceptors (Lipinski definition) is 1. The Morgan fingerprint density at radius 1 is 1.31 bits per heavy atom. The Labute approximate surface area is 78.4 Å². The Bertz CT molecular complexity index is 313. The van der Waals surface area contributed by atoms with Gasteiger partial charge >= 0.3 is 13.7 Å². The lowest BCUT2D eigenvalue weighted by atomic mass is 9.84. The van der Waals surface area contributed by atoms with Crippen molar-refractivity contribution < 1.29 is 18.2 Å². The zero-order chi connectivity index (χ0) is 10.1. The van der Waals surface area contributed by atoms with Crippen molar-refractivity contribution in [2.24, 2.45) is 0 Å². The highest BCUT2D eigenvalue weighted by Gasteiger charge is 2.33. The first-order valence-electron chi connectivity index (χ1n) is 3.29. The van der Waals surface area contributed by atoms with E-state index in [-0.39, 0.29) is 10.5 Å². The Hall–Kier alpha value is -0.675. The minimum Gasteiger partial charge on any atom is -0.450 e. The lowest BCUT2D eigenvalue weighted by Gasteiger charge is -2.10. The van der Waals surface area contributed by atoms with E-state index >= 15 is 0 Å². The van der Waals surface area contributed by atoms with Gasteiger partial charge in [-0.25, -0.2) is 0 Å². The molecule has 0 aliphatic rings. The number of benzene rings is 1. The standard InChI is InChI=1S/C7H4BClF3O/c9-4-1-2-6(8-13)5(3-4)7(10,11)12/h1-3,13H. The molecule has 1 radical (unpaired) electrons. The molecule has 1 rings (SSSR count). The van der Waals surface area contributed by atoms with Crippen molar-refractivity contribution in [2.45, 2.75) is 6.18 Å². The minimum absolute atomic E-state index is 0.0158. The first kappa shape index (κ1) is 10.4. The SMILES string of the molecule is O[B]c1ccc(Cl)cc1C(F)(F)F. The highest BCUT2D eigenvalue weighted by atomic mass is 35.5. The van der Waals surface area contributed by atoms with Crippen LogP contribution in [-0.2, 0) is 6.18 Å². The fourth-order valence-electron chi connectivity index (χ4n) is 0.887. The molecule has 0 aliphatic carbocycles. The molecular formula is C7H4BClF3O. The summed E-state index contributed by atoms with van der Waals surface area (Å²) >= 11 is 5.38. The van der Waals surface area contributed by atoms with Crippen LogP contribution in [0.4, 0.5) is 13.2 Å². The fourth-order valence-corrected chi connectivity index (χ4v) is 1.06. The lowest BCUT2D eigenvalue weighted by Crippen LogP contribution is -2.25. The second kappa shape index (κ2) is 3.60. The summed E-state index contributed by atoms with van der Waals surface area (Å²) in [6.45, 7) is 0. The topological polar surface area (TPSA) is 20.2 Å². The predicted octanol–water partition coefficient (Wildman–Crippen LogP) is 1.60. The van der Waals surface area contributed by atoms with E-state index in [0.29, 0.717) is 7.48 Å². The van der Waals surface area contributed by atoms with Gasteiger partial charge in [-0.2, -0.15) is 13.2 Å². The molecule has 0 saturated carbocycles. The Kier molecular flexibility index (Phi) is 2.88. The Morgan fingerprint density at radius 2 is 1.92 bits per heavy atom. The fraction of sp³-hybridized carbons (Fsp3) is 0.143. The van der Waals surface area contributed by atoms with Crippen LogP contribution in [0.3, 0.4) is 0 Å². The highest BCUT2D eigenvalue weighted by molar-refractivity contribution is 6.46. The number of rotatable bonds is 1. The number of alkyl halides is 3. The summed E-state index contributed by atoms with van der Waals surface area (Å²) in [6, 6.07) is 3.15.